The predicted molar refractivity (Wildman–Crippen MR) is 107 cm³/mol. The Kier molecular flexibility index (Phi) is 4.11. The lowest BCUT2D eigenvalue weighted by atomic mass is 9.83. The van der Waals surface area contributed by atoms with Crippen LogP contribution in [0.3, 0.4) is 0 Å². The summed E-state index contributed by atoms with van der Waals surface area (Å²) < 4.78 is 0. The molecule has 3 aromatic rings. The van der Waals surface area contributed by atoms with E-state index in [-0.39, 0.29) is 5.41 Å². The highest BCUT2D eigenvalue weighted by Gasteiger charge is 2.35. The lowest BCUT2D eigenvalue weighted by molar-refractivity contribution is 0.558. The third kappa shape index (κ3) is 2.92. The van der Waals surface area contributed by atoms with Crippen molar-refractivity contribution in [3.63, 3.8) is 0 Å². The van der Waals surface area contributed by atoms with Crippen LogP contribution in [0.5, 0.6) is 0 Å². The third-order valence-electron chi connectivity index (χ3n) is 5.03. The van der Waals surface area contributed by atoms with E-state index in [2.05, 4.69) is 58.9 Å². The molecule has 0 atom stereocenters. The summed E-state index contributed by atoms with van der Waals surface area (Å²) in [6.45, 7) is 6.43. The van der Waals surface area contributed by atoms with E-state index in [0.29, 0.717) is 0 Å². The third-order valence-corrected chi connectivity index (χ3v) is 5.03. The molecular formula is C22H24N4. The normalized spacial score (nSPS) is 15.0. The lowest BCUT2D eigenvalue weighted by Gasteiger charge is -2.27. The highest BCUT2D eigenvalue weighted by atomic mass is 15.2. The van der Waals surface area contributed by atoms with E-state index in [1.54, 1.807) is 0 Å². The standard InChI is InChI=1S/C22H24N4/c1-22(2)16-25(3)18-10-8-9-17(21(18)22)15-26(19-11-4-6-13-23-19)20-12-5-7-14-24-20/h4-14H,15-16H2,1-3H3. The summed E-state index contributed by atoms with van der Waals surface area (Å²) in [5.74, 6) is 1.82. The number of hydrogen-bond acceptors (Lipinski definition) is 4. The summed E-state index contributed by atoms with van der Waals surface area (Å²) in [5, 5.41) is 0. The number of benzene rings is 1. The van der Waals surface area contributed by atoms with Crippen LogP contribution in [0.2, 0.25) is 0 Å². The van der Waals surface area contributed by atoms with Crippen LogP contribution in [0.25, 0.3) is 0 Å². The summed E-state index contributed by atoms with van der Waals surface area (Å²) in [6, 6.07) is 18.6. The van der Waals surface area contributed by atoms with E-state index < -0.39 is 0 Å². The van der Waals surface area contributed by atoms with Crippen molar-refractivity contribution < 1.29 is 0 Å². The molecule has 1 aliphatic heterocycles. The molecule has 2 aromatic heterocycles. The van der Waals surface area contributed by atoms with Crippen molar-refractivity contribution in [1.82, 2.24) is 9.97 Å². The first-order chi connectivity index (χ1) is 12.6. The minimum Gasteiger partial charge on any atom is -0.373 e. The van der Waals surface area contributed by atoms with Gasteiger partial charge in [0.25, 0.3) is 0 Å². The van der Waals surface area contributed by atoms with E-state index in [9.17, 15) is 0 Å². The fraction of sp³-hybridized carbons (Fsp3) is 0.273. The van der Waals surface area contributed by atoms with Crippen LogP contribution in [-0.2, 0) is 12.0 Å². The quantitative estimate of drug-likeness (QED) is 0.695. The van der Waals surface area contributed by atoms with Crippen LogP contribution in [0.15, 0.2) is 67.0 Å². The smallest absolute Gasteiger partial charge is 0.134 e. The van der Waals surface area contributed by atoms with Gasteiger partial charge in [-0.3, -0.25) is 0 Å². The molecule has 0 N–H and O–H groups in total. The lowest BCUT2D eigenvalue weighted by Crippen LogP contribution is -2.26. The zero-order valence-electron chi connectivity index (χ0n) is 15.6. The Balaban J connectivity index is 1.79. The molecule has 0 unspecified atom stereocenters. The van der Waals surface area contributed by atoms with E-state index in [1.165, 1.54) is 16.8 Å². The van der Waals surface area contributed by atoms with Crippen LogP contribution in [-0.4, -0.2) is 23.6 Å². The van der Waals surface area contributed by atoms with Crippen LogP contribution in [0, 0.1) is 0 Å². The van der Waals surface area contributed by atoms with E-state index in [4.69, 9.17) is 0 Å². The topological polar surface area (TPSA) is 32.3 Å². The number of rotatable bonds is 4. The first-order valence-electron chi connectivity index (χ1n) is 8.99. The van der Waals surface area contributed by atoms with Gasteiger partial charge in [0.15, 0.2) is 0 Å². The fourth-order valence-corrected chi connectivity index (χ4v) is 4.05. The van der Waals surface area contributed by atoms with Crippen molar-refractivity contribution >= 4 is 17.3 Å². The van der Waals surface area contributed by atoms with Gasteiger partial charge in [0.1, 0.15) is 11.6 Å². The molecule has 4 nitrogen and oxygen atoms in total. The van der Waals surface area contributed by atoms with Crippen LogP contribution >= 0.6 is 0 Å². The van der Waals surface area contributed by atoms with Gasteiger partial charge in [-0.2, -0.15) is 0 Å². The molecule has 4 heteroatoms. The van der Waals surface area contributed by atoms with Crippen molar-refractivity contribution in [2.75, 3.05) is 23.4 Å². The monoisotopic (exact) mass is 344 g/mol. The summed E-state index contributed by atoms with van der Waals surface area (Å²) in [7, 11) is 2.17. The summed E-state index contributed by atoms with van der Waals surface area (Å²) in [6.07, 6.45) is 3.66. The van der Waals surface area contributed by atoms with Gasteiger partial charge in [-0.1, -0.05) is 38.1 Å². The van der Waals surface area contributed by atoms with E-state index in [0.717, 1.165) is 24.7 Å². The molecular weight excluding hydrogens is 320 g/mol. The molecule has 132 valence electrons. The first-order valence-corrected chi connectivity index (χ1v) is 8.99. The molecule has 0 aliphatic carbocycles. The maximum absolute atomic E-state index is 4.57. The van der Waals surface area contributed by atoms with Crippen LogP contribution < -0.4 is 9.80 Å². The average molecular weight is 344 g/mol. The SMILES string of the molecule is CN1CC(C)(C)c2c(CN(c3ccccn3)c3ccccn3)cccc21. The number of aromatic nitrogens is 2. The van der Waals surface area contributed by atoms with Crippen molar-refractivity contribution in [3.05, 3.63) is 78.1 Å². The van der Waals surface area contributed by atoms with Crippen molar-refractivity contribution in [2.24, 2.45) is 0 Å². The van der Waals surface area contributed by atoms with E-state index >= 15 is 0 Å². The zero-order valence-corrected chi connectivity index (χ0v) is 15.6. The second kappa shape index (κ2) is 6.45. The number of pyridine rings is 2. The Labute approximate surface area is 155 Å². The molecule has 3 heterocycles. The molecule has 0 spiro atoms. The maximum atomic E-state index is 4.57. The molecule has 4 rings (SSSR count). The first kappa shape index (κ1) is 16.6. The minimum atomic E-state index is 0.126. The number of nitrogens with zero attached hydrogens (tertiary/aromatic N) is 4. The van der Waals surface area contributed by atoms with Gasteiger partial charge in [-0.25, -0.2) is 9.97 Å². The van der Waals surface area contributed by atoms with Gasteiger partial charge in [0, 0.05) is 37.1 Å². The van der Waals surface area contributed by atoms with E-state index in [1.807, 2.05) is 48.8 Å². The molecule has 0 bridgehead atoms. The maximum Gasteiger partial charge on any atom is 0.134 e. The van der Waals surface area contributed by atoms with Crippen molar-refractivity contribution in [2.45, 2.75) is 25.8 Å². The van der Waals surface area contributed by atoms with Gasteiger partial charge in [0.2, 0.25) is 0 Å². The number of likely N-dealkylation sites (N-methyl/N-ethyl adjacent to an activating group) is 1. The predicted octanol–water partition coefficient (Wildman–Crippen LogP) is 4.54. The Morgan fingerprint density at radius 2 is 1.58 bits per heavy atom. The Morgan fingerprint density at radius 3 is 2.15 bits per heavy atom. The Morgan fingerprint density at radius 1 is 0.923 bits per heavy atom. The molecule has 1 aliphatic rings. The highest BCUT2D eigenvalue weighted by Crippen LogP contribution is 2.42. The Hall–Kier alpha value is -2.88. The van der Waals surface area contributed by atoms with Gasteiger partial charge in [0.05, 0.1) is 6.54 Å². The minimum absolute atomic E-state index is 0.126. The largest absolute Gasteiger partial charge is 0.373 e. The number of anilines is 3. The summed E-state index contributed by atoms with van der Waals surface area (Å²) >= 11 is 0. The molecule has 0 saturated carbocycles. The fourth-order valence-electron chi connectivity index (χ4n) is 4.05. The van der Waals surface area contributed by atoms with Crippen molar-refractivity contribution in [3.8, 4) is 0 Å². The molecule has 1 aromatic carbocycles. The molecule has 0 radical (unpaired) electrons. The Bertz CT molecular complexity index is 851. The highest BCUT2D eigenvalue weighted by molar-refractivity contribution is 5.66. The molecule has 0 amide bonds. The second-order valence-corrected chi connectivity index (χ2v) is 7.51. The molecule has 26 heavy (non-hydrogen) atoms. The molecule has 0 fully saturated rings. The number of fused-ring (bicyclic) bond motifs is 1. The molecule has 0 saturated heterocycles. The summed E-state index contributed by atoms with van der Waals surface area (Å²) in [4.78, 5) is 13.7. The van der Waals surface area contributed by atoms with Gasteiger partial charge < -0.3 is 9.80 Å². The van der Waals surface area contributed by atoms with Gasteiger partial charge in [-0.05, 0) is 41.5 Å². The van der Waals surface area contributed by atoms with Gasteiger partial charge in [-0.15, -0.1) is 0 Å². The van der Waals surface area contributed by atoms with Gasteiger partial charge >= 0.3 is 0 Å². The second-order valence-electron chi connectivity index (χ2n) is 7.51. The average Bonchev–Trinajstić information content (AvgIpc) is 2.90. The zero-order chi connectivity index (χ0) is 18.1. The summed E-state index contributed by atoms with van der Waals surface area (Å²) in [5.41, 5.74) is 4.21. The van der Waals surface area contributed by atoms with Crippen LogP contribution in [0.1, 0.15) is 25.0 Å². The van der Waals surface area contributed by atoms with Crippen molar-refractivity contribution in [1.29, 1.82) is 0 Å². The number of hydrogen-bond donors (Lipinski definition) is 0. The van der Waals surface area contributed by atoms with Crippen LogP contribution in [0.4, 0.5) is 17.3 Å².